The SMILES string of the molecule is Cc1ccc(CS[C@@H](C)CC(=O)N2CCOC2=O)cc1. The van der Waals surface area contributed by atoms with Gasteiger partial charge in [0.25, 0.3) is 0 Å². The van der Waals surface area contributed by atoms with Crippen LogP contribution < -0.4 is 0 Å². The van der Waals surface area contributed by atoms with Gasteiger partial charge in [-0.1, -0.05) is 36.8 Å². The molecule has 1 aromatic rings. The standard InChI is InChI=1S/C15H19NO3S/c1-11-3-5-13(6-4-11)10-20-12(2)9-14(17)16-7-8-19-15(16)18/h3-6,12H,7-10H2,1-2H3/t12-/m0/s1. The molecule has 20 heavy (non-hydrogen) atoms. The number of cyclic esters (lactones) is 1. The van der Waals surface area contributed by atoms with Crippen molar-refractivity contribution in [3.05, 3.63) is 35.4 Å². The first-order valence-electron chi connectivity index (χ1n) is 6.70. The average molecular weight is 293 g/mol. The highest BCUT2D eigenvalue weighted by Crippen LogP contribution is 2.21. The Hall–Kier alpha value is -1.49. The minimum atomic E-state index is -0.509. The number of aryl methyl sites for hydroxylation is 1. The second kappa shape index (κ2) is 6.79. The van der Waals surface area contributed by atoms with Crippen LogP contribution in [0.3, 0.4) is 0 Å². The summed E-state index contributed by atoms with van der Waals surface area (Å²) in [7, 11) is 0. The molecule has 0 aliphatic carbocycles. The fourth-order valence-electron chi connectivity index (χ4n) is 1.96. The zero-order valence-electron chi connectivity index (χ0n) is 11.8. The molecule has 1 saturated heterocycles. The van der Waals surface area contributed by atoms with Crippen LogP contribution in [-0.4, -0.2) is 35.3 Å². The molecular weight excluding hydrogens is 274 g/mol. The Balaban J connectivity index is 1.77. The van der Waals surface area contributed by atoms with Crippen LogP contribution in [0.1, 0.15) is 24.5 Å². The predicted octanol–water partition coefficient (Wildman–Crippen LogP) is 2.99. The molecule has 4 nitrogen and oxygen atoms in total. The zero-order valence-corrected chi connectivity index (χ0v) is 12.6. The molecule has 1 aromatic carbocycles. The third-order valence-corrected chi connectivity index (χ3v) is 4.41. The van der Waals surface area contributed by atoms with E-state index in [1.165, 1.54) is 16.0 Å². The minimum Gasteiger partial charge on any atom is -0.447 e. The van der Waals surface area contributed by atoms with Crippen molar-refractivity contribution in [2.24, 2.45) is 0 Å². The molecule has 0 bridgehead atoms. The van der Waals surface area contributed by atoms with Crippen molar-refractivity contribution < 1.29 is 14.3 Å². The van der Waals surface area contributed by atoms with Crippen molar-refractivity contribution in [2.45, 2.75) is 31.3 Å². The highest BCUT2D eigenvalue weighted by molar-refractivity contribution is 7.99. The number of hydrogen-bond acceptors (Lipinski definition) is 4. The van der Waals surface area contributed by atoms with Crippen molar-refractivity contribution in [3.63, 3.8) is 0 Å². The summed E-state index contributed by atoms with van der Waals surface area (Å²) in [5.41, 5.74) is 2.50. The molecule has 1 atom stereocenters. The second-order valence-electron chi connectivity index (χ2n) is 4.97. The van der Waals surface area contributed by atoms with Crippen LogP contribution in [0.25, 0.3) is 0 Å². The van der Waals surface area contributed by atoms with Gasteiger partial charge in [0.15, 0.2) is 0 Å². The lowest BCUT2D eigenvalue weighted by Gasteiger charge is -2.15. The van der Waals surface area contributed by atoms with Gasteiger partial charge in [0.2, 0.25) is 5.91 Å². The van der Waals surface area contributed by atoms with Gasteiger partial charge < -0.3 is 4.74 Å². The van der Waals surface area contributed by atoms with Crippen molar-refractivity contribution in [1.29, 1.82) is 0 Å². The molecule has 1 heterocycles. The van der Waals surface area contributed by atoms with Gasteiger partial charge >= 0.3 is 6.09 Å². The maximum absolute atomic E-state index is 11.9. The molecule has 0 unspecified atom stereocenters. The monoisotopic (exact) mass is 293 g/mol. The molecule has 0 N–H and O–H groups in total. The van der Waals surface area contributed by atoms with Gasteiger partial charge in [-0.15, -0.1) is 0 Å². The molecular formula is C15H19NO3S. The van der Waals surface area contributed by atoms with Crippen molar-refractivity contribution in [2.75, 3.05) is 13.2 Å². The molecule has 0 saturated carbocycles. The summed E-state index contributed by atoms with van der Waals surface area (Å²) in [5.74, 6) is 0.732. The largest absolute Gasteiger partial charge is 0.447 e. The fraction of sp³-hybridized carbons (Fsp3) is 0.467. The summed E-state index contributed by atoms with van der Waals surface area (Å²) in [6.45, 7) is 4.77. The van der Waals surface area contributed by atoms with Gasteiger partial charge in [0.1, 0.15) is 6.61 Å². The average Bonchev–Trinajstić information content (AvgIpc) is 2.84. The molecule has 108 valence electrons. The number of nitrogens with zero attached hydrogens (tertiary/aromatic N) is 1. The molecule has 0 radical (unpaired) electrons. The van der Waals surface area contributed by atoms with Crippen LogP contribution in [0.2, 0.25) is 0 Å². The van der Waals surface area contributed by atoms with Crippen molar-refractivity contribution >= 4 is 23.8 Å². The molecule has 2 amide bonds. The molecule has 5 heteroatoms. The van der Waals surface area contributed by atoms with Gasteiger partial charge in [-0.2, -0.15) is 11.8 Å². The maximum Gasteiger partial charge on any atom is 0.416 e. The Bertz CT molecular complexity index is 486. The smallest absolute Gasteiger partial charge is 0.416 e. The first-order valence-corrected chi connectivity index (χ1v) is 7.75. The maximum atomic E-state index is 11.9. The lowest BCUT2D eigenvalue weighted by Crippen LogP contribution is -2.33. The minimum absolute atomic E-state index is 0.142. The normalized spacial score (nSPS) is 16.1. The number of thioether (sulfide) groups is 1. The summed E-state index contributed by atoms with van der Waals surface area (Å²) >= 11 is 1.72. The predicted molar refractivity (Wildman–Crippen MR) is 79.6 cm³/mol. The third kappa shape index (κ3) is 4.00. The number of amides is 2. The van der Waals surface area contributed by atoms with Crippen LogP contribution in [-0.2, 0) is 15.3 Å². The third-order valence-electron chi connectivity index (χ3n) is 3.18. The summed E-state index contributed by atoms with van der Waals surface area (Å²) in [6, 6.07) is 8.39. The zero-order chi connectivity index (χ0) is 14.5. The Morgan fingerprint density at radius 1 is 1.40 bits per heavy atom. The van der Waals surface area contributed by atoms with Gasteiger partial charge in [-0.05, 0) is 12.5 Å². The molecule has 0 aromatic heterocycles. The molecule has 1 aliphatic rings. The van der Waals surface area contributed by atoms with Gasteiger partial charge in [-0.25, -0.2) is 9.69 Å². The highest BCUT2D eigenvalue weighted by atomic mass is 32.2. The van der Waals surface area contributed by atoms with Crippen LogP contribution in [0.4, 0.5) is 4.79 Å². The van der Waals surface area contributed by atoms with Crippen LogP contribution >= 0.6 is 11.8 Å². The Labute approximate surface area is 123 Å². The van der Waals surface area contributed by atoms with Crippen molar-refractivity contribution in [3.8, 4) is 0 Å². The Morgan fingerprint density at radius 2 is 2.10 bits per heavy atom. The van der Waals surface area contributed by atoms with Crippen LogP contribution in [0.15, 0.2) is 24.3 Å². The lowest BCUT2D eigenvalue weighted by atomic mass is 10.2. The van der Waals surface area contributed by atoms with E-state index in [4.69, 9.17) is 4.74 Å². The second-order valence-corrected chi connectivity index (χ2v) is 6.40. The summed E-state index contributed by atoms with van der Waals surface area (Å²) < 4.78 is 4.77. The topological polar surface area (TPSA) is 46.6 Å². The first-order chi connectivity index (χ1) is 9.56. The molecule has 0 spiro atoms. The fourth-order valence-corrected chi connectivity index (χ4v) is 2.89. The number of imide groups is 1. The number of hydrogen-bond donors (Lipinski definition) is 0. The van der Waals surface area contributed by atoms with E-state index in [0.29, 0.717) is 19.6 Å². The van der Waals surface area contributed by atoms with Crippen LogP contribution in [0.5, 0.6) is 0 Å². The van der Waals surface area contributed by atoms with E-state index in [1.807, 2.05) is 6.92 Å². The summed E-state index contributed by atoms with van der Waals surface area (Å²) in [5, 5.41) is 0.178. The van der Waals surface area contributed by atoms with Gasteiger partial charge in [0.05, 0.1) is 6.54 Å². The van der Waals surface area contributed by atoms with Crippen molar-refractivity contribution in [1.82, 2.24) is 4.90 Å². The van der Waals surface area contributed by atoms with Gasteiger partial charge in [-0.3, -0.25) is 4.79 Å². The summed E-state index contributed by atoms with van der Waals surface area (Å²) in [4.78, 5) is 24.4. The van der Waals surface area contributed by atoms with E-state index in [9.17, 15) is 9.59 Å². The Morgan fingerprint density at radius 3 is 2.70 bits per heavy atom. The highest BCUT2D eigenvalue weighted by Gasteiger charge is 2.28. The Kier molecular flexibility index (Phi) is 5.06. The first kappa shape index (κ1) is 14.9. The lowest BCUT2D eigenvalue weighted by molar-refractivity contribution is -0.127. The number of benzene rings is 1. The summed E-state index contributed by atoms with van der Waals surface area (Å²) in [6.07, 6.45) is -0.142. The number of ether oxygens (including phenoxy) is 1. The van der Waals surface area contributed by atoms with E-state index in [2.05, 4.69) is 31.2 Å². The van der Waals surface area contributed by atoms with Crippen LogP contribution in [0, 0.1) is 6.92 Å². The van der Waals surface area contributed by atoms with E-state index in [1.54, 1.807) is 11.8 Å². The van der Waals surface area contributed by atoms with E-state index in [0.717, 1.165) is 5.75 Å². The molecule has 2 rings (SSSR count). The number of carbonyl (C=O) groups is 2. The van der Waals surface area contributed by atoms with E-state index in [-0.39, 0.29) is 11.2 Å². The molecule has 1 aliphatic heterocycles. The molecule has 1 fully saturated rings. The number of carbonyl (C=O) groups excluding carboxylic acids is 2. The quantitative estimate of drug-likeness (QED) is 0.837. The van der Waals surface area contributed by atoms with E-state index < -0.39 is 6.09 Å². The van der Waals surface area contributed by atoms with E-state index >= 15 is 0 Å². The number of rotatable bonds is 5. The van der Waals surface area contributed by atoms with Gasteiger partial charge in [0, 0.05) is 17.4 Å².